The molecule has 18 heavy (non-hydrogen) atoms. The molecule has 1 atom stereocenters. The van der Waals surface area contributed by atoms with Gasteiger partial charge in [0.25, 0.3) is 0 Å². The van der Waals surface area contributed by atoms with E-state index in [1.54, 1.807) is 9.58 Å². The maximum Gasteiger partial charge on any atom is 0.317 e. The minimum Gasteiger partial charge on any atom is -0.480 e. The Morgan fingerprint density at radius 3 is 2.61 bits per heavy atom. The monoisotopic (exact) mass is 249 g/mol. The van der Waals surface area contributed by atoms with Gasteiger partial charge in [-0.05, 0) is 20.8 Å². The van der Waals surface area contributed by atoms with E-state index in [0.29, 0.717) is 6.54 Å². The molecule has 1 unspecified atom stereocenters. The van der Waals surface area contributed by atoms with Gasteiger partial charge in [-0.2, -0.15) is 5.10 Å². The summed E-state index contributed by atoms with van der Waals surface area (Å²) >= 11 is 0. The number of aliphatic carboxylic acids is 1. The number of nitrogens with zero attached hydrogens (tertiary/aromatic N) is 3. The molecule has 1 rings (SSSR count). The zero-order valence-corrected chi connectivity index (χ0v) is 11.3. The standard InChI is InChI=1S/C13H19N3O2/c1-6-7-16(8-12(17)18)11(4)13-9(2)14-15(5)10(13)3/h1,11H,7-8H2,2-5H3,(H,17,18). The van der Waals surface area contributed by atoms with Crippen molar-refractivity contribution in [2.45, 2.75) is 26.8 Å². The van der Waals surface area contributed by atoms with Gasteiger partial charge in [-0.25, -0.2) is 0 Å². The van der Waals surface area contributed by atoms with Gasteiger partial charge < -0.3 is 5.11 Å². The Morgan fingerprint density at radius 2 is 2.22 bits per heavy atom. The maximum absolute atomic E-state index is 10.9. The molecule has 1 heterocycles. The van der Waals surface area contributed by atoms with E-state index >= 15 is 0 Å². The molecule has 0 saturated heterocycles. The minimum atomic E-state index is -0.878. The van der Waals surface area contributed by atoms with Crippen LogP contribution in [0.2, 0.25) is 0 Å². The second kappa shape index (κ2) is 5.69. The first-order valence-corrected chi connectivity index (χ1v) is 5.77. The van der Waals surface area contributed by atoms with E-state index < -0.39 is 5.97 Å². The highest BCUT2D eigenvalue weighted by Crippen LogP contribution is 2.25. The van der Waals surface area contributed by atoms with Gasteiger partial charge in [0, 0.05) is 24.3 Å². The second-order valence-corrected chi connectivity index (χ2v) is 4.39. The van der Waals surface area contributed by atoms with Crippen LogP contribution in [0.15, 0.2) is 0 Å². The van der Waals surface area contributed by atoms with E-state index in [1.165, 1.54) is 0 Å². The summed E-state index contributed by atoms with van der Waals surface area (Å²) in [5.41, 5.74) is 3.00. The smallest absolute Gasteiger partial charge is 0.317 e. The van der Waals surface area contributed by atoms with E-state index in [1.807, 2.05) is 27.8 Å². The lowest BCUT2D eigenvalue weighted by molar-refractivity contribution is -0.138. The molecule has 0 aliphatic carbocycles. The third-order valence-corrected chi connectivity index (χ3v) is 3.16. The Balaban J connectivity index is 3.05. The van der Waals surface area contributed by atoms with Crippen LogP contribution in [0.25, 0.3) is 0 Å². The third kappa shape index (κ3) is 2.90. The molecule has 0 spiro atoms. The Labute approximate surface area is 107 Å². The Kier molecular flexibility index (Phi) is 4.51. The van der Waals surface area contributed by atoms with Crippen molar-refractivity contribution in [1.82, 2.24) is 14.7 Å². The molecule has 5 heteroatoms. The highest BCUT2D eigenvalue weighted by atomic mass is 16.4. The molecular formula is C13H19N3O2. The quantitative estimate of drug-likeness (QED) is 0.794. The van der Waals surface area contributed by atoms with Crippen molar-refractivity contribution in [2.75, 3.05) is 13.1 Å². The predicted molar refractivity (Wildman–Crippen MR) is 69.1 cm³/mol. The van der Waals surface area contributed by atoms with Crippen molar-refractivity contribution in [2.24, 2.45) is 7.05 Å². The SMILES string of the molecule is C#CCN(CC(=O)O)C(C)c1c(C)nn(C)c1C. The van der Waals surface area contributed by atoms with E-state index in [9.17, 15) is 4.79 Å². The minimum absolute atomic E-state index is 0.0640. The fourth-order valence-corrected chi connectivity index (χ4v) is 2.20. The summed E-state index contributed by atoms with van der Waals surface area (Å²) in [5, 5.41) is 13.3. The predicted octanol–water partition coefficient (Wildman–Crippen LogP) is 1.12. The van der Waals surface area contributed by atoms with Crippen molar-refractivity contribution >= 4 is 5.97 Å². The van der Waals surface area contributed by atoms with Crippen LogP contribution < -0.4 is 0 Å². The number of terminal acetylenes is 1. The topological polar surface area (TPSA) is 58.4 Å². The highest BCUT2D eigenvalue weighted by Gasteiger charge is 2.23. The largest absolute Gasteiger partial charge is 0.480 e. The fourth-order valence-electron chi connectivity index (χ4n) is 2.20. The van der Waals surface area contributed by atoms with Crippen LogP contribution in [0.5, 0.6) is 0 Å². The summed E-state index contributed by atoms with van der Waals surface area (Å²) in [4.78, 5) is 12.6. The van der Waals surface area contributed by atoms with Crippen molar-refractivity contribution in [3.05, 3.63) is 17.0 Å². The van der Waals surface area contributed by atoms with Gasteiger partial charge >= 0.3 is 5.97 Å². The molecule has 98 valence electrons. The zero-order valence-electron chi connectivity index (χ0n) is 11.3. The average Bonchev–Trinajstić information content (AvgIpc) is 2.51. The van der Waals surface area contributed by atoms with E-state index in [-0.39, 0.29) is 12.6 Å². The van der Waals surface area contributed by atoms with E-state index in [4.69, 9.17) is 11.5 Å². The molecule has 0 aliphatic heterocycles. The Bertz CT molecular complexity index is 485. The summed E-state index contributed by atoms with van der Waals surface area (Å²) in [6.07, 6.45) is 5.30. The fraction of sp³-hybridized carbons (Fsp3) is 0.538. The molecule has 1 aromatic rings. The molecule has 0 bridgehead atoms. The van der Waals surface area contributed by atoms with Gasteiger partial charge in [0.05, 0.1) is 18.8 Å². The van der Waals surface area contributed by atoms with Crippen LogP contribution in [0, 0.1) is 26.2 Å². The number of carbonyl (C=O) groups is 1. The normalized spacial score (nSPS) is 12.4. The van der Waals surface area contributed by atoms with Gasteiger partial charge in [0.1, 0.15) is 0 Å². The molecule has 1 aromatic heterocycles. The van der Waals surface area contributed by atoms with Crippen molar-refractivity contribution in [3.63, 3.8) is 0 Å². The molecule has 0 aliphatic rings. The van der Waals surface area contributed by atoms with Crippen molar-refractivity contribution in [1.29, 1.82) is 0 Å². The summed E-state index contributed by atoms with van der Waals surface area (Å²) < 4.78 is 1.80. The average molecular weight is 249 g/mol. The second-order valence-electron chi connectivity index (χ2n) is 4.39. The number of aryl methyl sites for hydroxylation is 2. The van der Waals surface area contributed by atoms with Gasteiger partial charge in [-0.15, -0.1) is 6.42 Å². The first kappa shape index (κ1) is 14.3. The molecule has 5 nitrogen and oxygen atoms in total. The lowest BCUT2D eigenvalue weighted by atomic mass is 10.0. The lowest BCUT2D eigenvalue weighted by Crippen LogP contribution is -2.33. The first-order valence-electron chi connectivity index (χ1n) is 5.77. The highest BCUT2D eigenvalue weighted by molar-refractivity contribution is 5.69. The lowest BCUT2D eigenvalue weighted by Gasteiger charge is -2.26. The Hall–Kier alpha value is -1.80. The van der Waals surface area contributed by atoms with Gasteiger partial charge in [-0.1, -0.05) is 5.92 Å². The molecular weight excluding hydrogens is 230 g/mol. The maximum atomic E-state index is 10.9. The number of hydrogen-bond donors (Lipinski definition) is 1. The number of carboxylic acid groups (broad SMARTS) is 1. The molecule has 0 amide bonds. The van der Waals surface area contributed by atoms with Crippen LogP contribution in [0.4, 0.5) is 0 Å². The molecule has 1 N–H and O–H groups in total. The zero-order chi connectivity index (χ0) is 13.9. The van der Waals surface area contributed by atoms with Crippen LogP contribution >= 0.6 is 0 Å². The summed E-state index contributed by atoms with van der Waals surface area (Å²) in [5.74, 6) is 1.63. The summed E-state index contributed by atoms with van der Waals surface area (Å²) in [7, 11) is 1.88. The third-order valence-electron chi connectivity index (χ3n) is 3.16. The molecule has 0 radical (unpaired) electrons. The number of carboxylic acids is 1. The van der Waals surface area contributed by atoms with E-state index in [2.05, 4.69) is 11.0 Å². The van der Waals surface area contributed by atoms with Crippen LogP contribution in [-0.4, -0.2) is 38.8 Å². The van der Waals surface area contributed by atoms with Gasteiger partial charge in [-0.3, -0.25) is 14.4 Å². The first-order chi connectivity index (χ1) is 8.38. The van der Waals surface area contributed by atoms with Crippen LogP contribution in [0.1, 0.15) is 29.9 Å². The van der Waals surface area contributed by atoms with Crippen molar-refractivity contribution < 1.29 is 9.90 Å². The molecule has 0 saturated carbocycles. The number of hydrogen-bond acceptors (Lipinski definition) is 3. The van der Waals surface area contributed by atoms with Gasteiger partial charge in [0.15, 0.2) is 0 Å². The molecule has 0 fully saturated rings. The van der Waals surface area contributed by atoms with Crippen LogP contribution in [-0.2, 0) is 11.8 Å². The van der Waals surface area contributed by atoms with E-state index in [0.717, 1.165) is 17.0 Å². The summed E-state index contributed by atoms with van der Waals surface area (Å²) in [6, 6.07) is -0.0640. The van der Waals surface area contributed by atoms with Gasteiger partial charge in [0.2, 0.25) is 0 Å². The molecule has 0 aromatic carbocycles. The summed E-state index contributed by atoms with van der Waals surface area (Å²) in [6.45, 7) is 6.09. The number of rotatable bonds is 5. The van der Waals surface area contributed by atoms with Crippen molar-refractivity contribution in [3.8, 4) is 12.3 Å². The van der Waals surface area contributed by atoms with Crippen LogP contribution in [0.3, 0.4) is 0 Å². The number of aromatic nitrogens is 2. The Morgan fingerprint density at radius 1 is 1.61 bits per heavy atom.